The molecule has 0 aromatic carbocycles. The number of ether oxygens (including phenoxy) is 2. The van der Waals surface area contributed by atoms with Crippen LogP contribution in [0.15, 0.2) is 12.3 Å². The number of carbonyl (C=O) groups excluding carboxylic acids is 2. The van der Waals surface area contributed by atoms with Gasteiger partial charge in [0.05, 0.1) is 18.5 Å². The zero-order valence-corrected chi connectivity index (χ0v) is 13.6. The van der Waals surface area contributed by atoms with Crippen LogP contribution in [0.4, 0.5) is 16.3 Å². The van der Waals surface area contributed by atoms with Crippen molar-refractivity contribution in [2.24, 2.45) is 0 Å². The van der Waals surface area contributed by atoms with Crippen molar-refractivity contribution < 1.29 is 19.1 Å². The monoisotopic (exact) mass is 309 g/mol. The van der Waals surface area contributed by atoms with Gasteiger partial charge in [0.2, 0.25) is 5.91 Å². The average Bonchev–Trinajstić information content (AvgIpc) is 2.39. The second-order valence-corrected chi connectivity index (χ2v) is 5.53. The highest BCUT2D eigenvalue weighted by Crippen LogP contribution is 2.27. The van der Waals surface area contributed by atoms with Crippen LogP contribution in [0.3, 0.4) is 0 Å². The van der Waals surface area contributed by atoms with Gasteiger partial charge in [0.15, 0.2) is 5.75 Å². The molecule has 0 radical (unpaired) electrons. The molecular formula is C15H23N3O4. The molecule has 0 bridgehead atoms. The van der Waals surface area contributed by atoms with Crippen LogP contribution >= 0.6 is 0 Å². The summed E-state index contributed by atoms with van der Waals surface area (Å²) in [6.07, 6.45) is 1.18. The maximum atomic E-state index is 11.9. The molecule has 0 aliphatic rings. The Morgan fingerprint density at radius 2 is 1.91 bits per heavy atom. The highest BCUT2D eigenvalue weighted by atomic mass is 16.6. The van der Waals surface area contributed by atoms with Gasteiger partial charge in [-0.05, 0) is 27.7 Å². The third kappa shape index (κ3) is 5.99. The average molecular weight is 309 g/mol. The number of amides is 2. The maximum absolute atomic E-state index is 11.9. The Balaban J connectivity index is 2.94. The van der Waals surface area contributed by atoms with Crippen LogP contribution in [0, 0.1) is 0 Å². The van der Waals surface area contributed by atoms with E-state index in [0.717, 1.165) is 0 Å². The van der Waals surface area contributed by atoms with Gasteiger partial charge >= 0.3 is 6.09 Å². The Morgan fingerprint density at radius 1 is 1.23 bits per heavy atom. The summed E-state index contributed by atoms with van der Waals surface area (Å²) in [7, 11) is 0. The minimum Gasteiger partial charge on any atom is -0.490 e. The van der Waals surface area contributed by atoms with E-state index in [0.29, 0.717) is 30.3 Å². The van der Waals surface area contributed by atoms with E-state index in [-0.39, 0.29) is 5.91 Å². The predicted molar refractivity (Wildman–Crippen MR) is 84.2 cm³/mol. The smallest absolute Gasteiger partial charge is 0.412 e. The van der Waals surface area contributed by atoms with Crippen LogP contribution in [-0.4, -0.2) is 29.2 Å². The molecule has 1 aromatic heterocycles. The van der Waals surface area contributed by atoms with Crippen LogP contribution in [0.5, 0.6) is 5.75 Å². The summed E-state index contributed by atoms with van der Waals surface area (Å²) < 4.78 is 10.6. The normalized spacial score (nSPS) is 10.8. The first-order valence-electron chi connectivity index (χ1n) is 7.17. The van der Waals surface area contributed by atoms with Crippen molar-refractivity contribution in [3.8, 4) is 5.75 Å². The summed E-state index contributed by atoms with van der Waals surface area (Å²) in [6.45, 7) is 9.31. The van der Waals surface area contributed by atoms with Gasteiger partial charge in [0.25, 0.3) is 0 Å². The van der Waals surface area contributed by atoms with E-state index in [1.165, 1.54) is 12.3 Å². The number of nitrogens with one attached hydrogen (secondary N) is 2. The van der Waals surface area contributed by atoms with E-state index in [1.54, 1.807) is 27.7 Å². The number of rotatable bonds is 5. The van der Waals surface area contributed by atoms with Crippen molar-refractivity contribution in [1.29, 1.82) is 0 Å². The van der Waals surface area contributed by atoms with Crippen molar-refractivity contribution in [1.82, 2.24) is 4.98 Å². The van der Waals surface area contributed by atoms with E-state index >= 15 is 0 Å². The fraction of sp³-hybridized carbons (Fsp3) is 0.533. The largest absolute Gasteiger partial charge is 0.490 e. The molecule has 7 heteroatoms. The molecule has 2 amide bonds. The number of hydrogen-bond donors (Lipinski definition) is 2. The molecule has 7 nitrogen and oxygen atoms in total. The summed E-state index contributed by atoms with van der Waals surface area (Å²) in [5.74, 6) is 0.573. The summed E-state index contributed by atoms with van der Waals surface area (Å²) >= 11 is 0. The number of anilines is 2. The minimum atomic E-state index is -0.609. The first kappa shape index (κ1) is 17.7. The molecule has 1 heterocycles. The molecule has 1 rings (SSSR count). The Morgan fingerprint density at radius 3 is 2.45 bits per heavy atom. The van der Waals surface area contributed by atoms with E-state index in [2.05, 4.69) is 15.6 Å². The fourth-order valence-electron chi connectivity index (χ4n) is 1.52. The topological polar surface area (TPSA) is 89.5 Å². The molecule has 0 saturated carbocycles. The van der Waals surface area contributed by atoms with Crippen LogP contribution in [0.1, 0.15) is 41.0 Å². The number of aromatic nitrogens is 1. The summed E-state index contributed by atoms with van der Waals surface area (Å²) in [5.41, 5.74) is -0.222. The fourth-order valence-corrected chi connectivity index (χ4v) is 1.52. The first-order valence-corrected chi connectivity index (χ1v) is 7.17. The second kappa shape index (κ2) is 7.63. The van der Waals surface area contributed by atoms with Crippen LogP contribution in [0.2, 0.25) is 0 Å². The zero-order chi connectivity index (χ0) is 16.8. The highest BCUT2D eigenvalue weighted by Gasteiger charge is 2.18. The molecule has 0 fully saturated rings. The Hall–Kier alpha value is -2.31. The lowest BCUT2D eigenvalue weighted by molar-refractivity contribution is -0.115. The maximum Gasteiger partial charge on any atom is 0.412 e. The summed E-state index contributed by atoms with van der Waals surface area (Å²) in [6, 6.07) is 1.53. The zero-order valence-electron chi connectivity index (χ0n) is 13.6. The van der Waals surface area contributed by atoms with Gasteiger partial charge in [-0.3, -0.25) is 10.1 Å². The Labute approximate surface area is 130 Å². The molecule has 2 N–H and O–H groups in total. The van der Waals surface area contributed by atoms with Gasteiger partial charge in [0.1, 0.15) is 11.4 Å². The minimum absolute atomic E-state index is 0.167. The highest BCUT2D eigenvalue weighted by molar-refractivity contribution is 5.92. The molecule has 22 heavy (non-hydrogen) atoms. The Kier molecular flexibility index (Phi) is 6.15. The summed E-state index contributed by atoms with van der Waals surface area (Å²) in [5, 5.41) is 5.23. The third-order valence-electron chi connectivity index (χ3n) is 2.39. The number of nitrogens with zero attached hydrogens (tertiary/aromatic N) is 1. The molecule has 0 spiro atoms. The van der Waals surface area contributed by atoms with Gasteiger partial charge < -0.3 is 14.8 Å². The van der Waals surface area contributed by atoms with Gasteiger partial charge in [-0.2, -0.15) is 0 Å². The van der Waals surface area contributed by atoms with Gasteiger partial charge in [0, 0.05) is 12.5 Å². The molecule has 0 unspecified atom stereocenters. The van der Waals surface area contributed by atoms with Gasteiger partial charge in [-0.1, -0.05) is 6.92 Å². The second-order valence-electron chi connectivity index (χ2n) is 5.53. The van der Waals surface area contributed by atoms with Gasteiger partial charge in [-0.15, -0.1) is 0 Å². The SMILES string of the molecule is CCOc1cnc(NC(=O)CC)cc1NC(=O)OC(C)(C)C. The molecule has 122 valence electrons. The number of pyridine rings is 1. The summed E-state index contributed by atoms with van der Waals surface area (Å²) in [4.78, 5) is 27.4. The van der Waals surface area contributed by atoms with Gasteiger partial charge in [-0.25, -0.2) is 9.78 Å². The quantitative estimate of drug-likeness (QED) is 0.872. The van der Waals surface area contributed by atoms with Crippen molar-refractivity contribution in [2.45, 2.75) is 46.6 Å². The molecule has 0 saturated heterocycles. The molecule has 0 atom stereocenters. The van der Waals surface area contributed by atoms with Crippen molar-refractivity contribution in [2.75, 3.05) is 17.2 Å². The van der Waals surface area contributed by atoms with Crippen molar-refractivity contribution >= 4 is 23.5 Å². The lowest BCUT2D eigenvalue weighted by atomic mass is 10.2. The lowest BCUT2D eigenvalue weighted by Crippen LogP contribution is -2.27. The van der Waals surface area contributed by atoms with E-state index < -0.39 is 11.7 Å². The van der Waals surface area contributed by atoms with E-state index in [4.69, 9.17) is 9.47 Å². The Bertz CT molecular complexity index is 538. The molecule has 1 aromatic rings. The molecule has 0 aliphatic carbocycles. The van der Waals surface area contributed by atoms with E-state index in [1.807, 2.05) is 6.92 Å². The third-order valence-corrected chi connectivity index (χ3v) is 2.39. The first-order chi connectivity index (χ1) is 10.2. The van der Waals surface area contributed by atoms with Crippen LogP contribution in [0.25, 0.3) is 0 Å². The van der Waals surface area contributed by atoms with Crippen molar-refractivity contribution in [3.63, 3.8) is 0 Å². The number of hydrogen-bond acceptors (Lipinski definition) is 5. The molecule has 0 aliphatic heterocycles. The standard InChI is InChI=1S/C15H23N3O4/c1-6-13(19)18-12-8-10(11(9-16-12)21-7-2)17-14(20)22-15(3,4)5/h8-9H,6-7H2,1-5H3,(H2,16,17,18,19,20). The molecular weight excluding hydrogens is 286 g/mol. The van der Waals surface area contributed by atoms with Crippen LogP contribution < -0.4 is 15.4 Å². The number of carbonyl (C=O) groups is 2. The predicted octanol–water partition coefficient (Wildman–Crippen LogP) is 3.18. The van der Waals surface area contributed by atoms with Crippen LogP contribution in [-0.2, 0) is 9.53 Å². The van der Waals surface area contributed by atoms with E-state index in [9.17, 15) is 9.59 Å². The lowest BCUT2D eigenvalue weighted by Gasteiger charge is -2.20. The van der Waals surface area contributed by atoms with Crippen molar-refractivity contribution in [3.05, 3.63) is 12.3 Å².